The fraction of sp³-hybridized carbons (Fsp3) is 0.308. The van der Waals surface area contributed by atoms with E-state index in [-0.39, 0.29) is 12.1 Å². The standard InChI is InChI=1S/C13H16N4O2/c1-10-5-6-11(14)17-13(16-10)19-9-8-18-12-4-2-3-7-15-12/h2-7,10H,8-9H2,1H3,(H2,14,16,17). The first-order valence-electron chi connectivity index (χ1n) is 6.01. The summed E-state index contributed by atoms with van der Waals surface area (Å²) in [5.74, 6) is 0.945. The molecule has 2 N–H and O–H groups in total. The van der Waals surface area contributed by atoms with Crippen molar-refractivity contribution in [3.63, 3.8) is 0 Å². The van der Waals surface area contributed by atoms with E-state index < -0.39 is 0 Å². The number of nitrogens with two attached hydrogens (primary N) is 1. The zero-order valence-corrected chi connectivity index (χ0v) is 10.7. The van der Waals surface area contributed by atoms with E-state index in [4.69, 9.17) is 15.2 Å². The Hall–Kier alpha value is -2.37. The first-order chi connectivity index (χ1) is 9.24. The van der Waals surface area contributed by atoms with E-state index in [0.29, 0.717) is 24.9 Å². The quantitative estimate of drug-likeness (QED) is 0.823. The molecule has 1 aliphatic heterocycles. The highest BCUT2D eigenvalue weighted by molar-refractivity contribution is 6.00. The second-order valence-electron chi connectivity index (χ2n) is 3.91. The maximum absolute atomic E-state index is 5.64. The molecule has 100 valence electrons. The molecule has 0 spiro atoms. The van der Waals surface area contributed by atoms with Gasteiger partial charge in [0, 0.05) is 12.3 Å². The van der Waals surface area contributed by atoms with Crippen LogP contribution >= 0.6 is 0 Å². The van der Waals surface area contributed by atoms with Gasteiger partial charge in [-0.25, -0.2) is 9.98 Å². The first kappa shape index (κ1) is 13.1. The molecular weight excluding hydrogens is 244 g/mol. The lowest BCUT2D eigenvalue weighted by Crippen LogP contribution is -2.15. The zero-order valence-electron chi connectivity index (χ0n) is 10.7. The van der Waals surface area contributed by atoms with Crippen molar-refractivity contribution < 1.29 is 9.47 Å². The van der Waals surface area contributed by atoms with Gasteiger partial charge in [-0.15, -0.1) is 0 Å². The van der Waals surface area contributed by atoms with Gasteiger partial charge < -0.3 is 15.2 Å². The van der Waals surface area contributed by atoms with Crippen molar-refractivity contribution in [1.29, 1.82) is 0 Å². The summed E-state index contributed by atoms with van der Waals surface area (Å²) in [6.45, 7) is 2.63. The van der Waals surface area contributed by atoms with Gasteiger partial charge in [0.05, 0.1) is 6.04 Å². The third kappa shape index (κ3) is 4.42. The number of hydrogen-bond donors (Lipinski definition) is 1. The van der Waals surface area contributed by atoms with Crippen LogP contribution in [0.5, 0.6) is 5.88 Å². The highest BCUT2D eigenvalue weighted by Crippen LogP contribution is 2.03. The molecule has 2 rings (SSSR count). The van der Waals surface area contributed by atoms with E-state index in [9.17, 15) is 0 Å². The highest BCUT2D eigenvalue weighted by atomic mass is 16.5. The molecule has 6 nitrogen and oxygen atoms in total. The number of nitrogens with zero attached hydrogens (tertiary/aromatic N) is 3. The van der Waals surface area contributed by atoms with Gasteiger partial charge >= 0.3 is 6.02 Å². The summed E-state index contributed by atoms with van der Waals surface area (Å²) < 4.78 is 10.8. The van der Waals surface area contributed by atoms with Crippen LogP contribution < -0.4 is 10.5 Å². The normalized spacial score (nSPS) is 18.3. The van der Waals surface area contributed by atoms with Gasteiger partial charge in [0.25, 0.3) is 0 Å². The van der Waals surface area contributed by atoms with Gasteiger partial charge in [0.1, 0.15) is 19.0 Å². The highest BCUT2D eigenvalue weighted by Gasteiger charge is 2.06. The van der Waals surface area contributed by atoms with Crippen LogP contribution in [0, 0.1) is 0 Å². The lowest BCUT2D eigenvalue weighted by Gasteiger charge is -2.07. The minimum absolute atomic E-state index is 0.00323. The van der Waals surface area contributed by atoms with Gasteiger partial charge in [0.2, 0.25) is 5.88 Å². The number of aliphatic imine (C=N–C) groups is 2. The molecule has 1 unspecified atom stereocenters. The summed E-state index contributed by atoms with van der Waals surface area (Å²) in [6, 6.07) is 5.74. The van der Waals surface area contributed by atoms with Gasteiger partial charge in [-0.05, 0) is 19.1 Å². The summed E-state index contributed by atoms with van der Waals surface area (Å²) in [7, 11) is 0. The molecule has 1 aromatic heterocycles. The van der Waals surface area contributed by atoms with Crippen LogP contribution in [0.15, 0.2) is 46.5 Å². The minimum atomic E-state index is -0.00323. The maximum atomic E-state index is 5.64. The fourth-order valence-electron chi connectivity index (χ4n) is 1.41. The summed E-state index contributed by atoms with van der Waals surface area (Å²) in [5.41, 5.74) is 5.64. The van der Waals surface area contributed by atoms with Crippen LogP contribution in [0.2, 0.25) is 0 Å². The topological polar surface area (TPSA) is 82.1 Å². The maximum Gasteiger partial charge on any atom is 0.314 e. The van der Waals surface area contributed by atoms with Gasteiger partial charge in [-0.3, -0.25) is 0 Å². The summed E-state index contributed by atoms with van der Waals surface area (Å²) in [5, 5.41) is 0. The first-order valence-corrected chi connectivity index (χ1v) is 6.01. The minimum Gasteiger partial charge on any atom is -0.474 e. The zero-order chi connectivity index (χ0) is 13.5. The van der Waals surface area contributed by atoms with E-state index in [1.807, 2.05) is 25.1 Å². The predicted molar refractivity (Wildman–Crippen MR) is 73.3 cm³/mol. The summed E-state index contributed by atoms with van der Waals surface area (Å²) in [6.07, 6.45) is 5.25. The molecule has 0 saturated heterocycles. The number of rotatable bonds is 4. The van der Waals surface area contributed by atoms with E-state index in [2.05, 4.69) is 15.0 Å². The molecule has 2 heterocycles. The van der Waals surface area contributed by atoms with Gasteiger partial charge in [0.15, 0.2) is 0 Å². The van der Waals surface area contributed by atoms with Gasteiger partial charge in [-0.2, -0.15) is 4.99 Å². The van der Waals surface area contributed by atoms with E-state index in [1.165, 1.54) is 0 Å². The van der Waals surface area contributed by atoms with Crippen LogP contribution in [0.1, 0.15) is 6.92 Å². The van der Waals surface area contributed by atoms with E-state index >= 15 is 0 Å². The Bertz CT molecular complexity index is 497. The van der Waals surface area contributed by atoms with Crippen molar-refractivity contribution in [2.24, 2.45) is 15.7 Å². The van der Waals surface area contributed by atoms with E-state index in [1.54, 1.807) is 18.3 Å². The molecule has 6 heteroatoms. The molecule has 1 atom stereocenters. The lowest BCUT2D eigenvalue weighted by molar-refractivity contribution is 0.201. The van der Waals surface area contributed by atoms with Crippen molar-refractivity contribution in [3.8, 4) is 5.88 Å². The predicted octanol–water partition coefficient (Wildman–Crippen LogP) is 1.15. The average molecular weight is 260 g/mol. The Morgan fingerprint density at radius 3 is 2.89 bits per heavy atom. The molecule has 0 fully saturated rings. The molecule has 0 radical (unpaired) electrons. The van der Waals surface area contributed by atoms with E-state index in [0.717, 1.165) is 0 Å². The molecule has 0 aliphatic carbocycles. The van der Waals surface area contributed by atoms with Crippen LogP contribution in [0.3, 0.4) is 0 Å². The van der Waals surface area contributed by atoms with Crippen LogP contribution in [-0.4, -0.2) is 36.1 Å². The molecule has 1 aromatic rings. The Morgan fingerprint density at radius 1 is 1.26 bits per heavy atom. The van der Waals surface area contributed by atoms with Crippen LogP contribution in [-0.2, 0) is 4.74 Å². The SMILES string of the molecule is CC1C=CC(N)=NC(OCCOc2ccccn2)=N1. The lowest BCUT2D eigenvalue weighted by atomic mass is 10.3. The smallest absolute Gasteiger partial charge is 0.314 e. The molecular formula is C13H16N4O2. The second kappa shape index (κ2) is 6.53. The molecule has 1 aliphatic rings. The van der Waals surface area contributed by atoms with Gasteiger partial charge in [-0.1, -0.05) is 12.1 Å². The Balaban J connectivity index is 1.78. The number of aromatic nitrogens is 1. The number of ether oxygens (including phenoxy) is 2. The Morgan fingerprint density at radius 2 is 2.11 bits per heavy atom. The van der Waals surface area contributed by atoms with Crippen molar-refractivity contribution in [2.75, 3.05) is 13.2 Å². The molecule has 19 heavy (non-hydrogen) atoms. The van der Waals surface area contributed by atoms with Crippen LogP contribution in [0.25, 0.3) is 0 Å². The largest absolute Gasteiger partial charge is 0.474 e. The van der Waals surface area contributed by atoms with Crippen molar-refractivity contribution in [2.45, 2.75) is 13.0 Å². The Kier molecular flexibility index (Phi) is 4.49. The summed E-state index contributed by atoms with van der Waals surface area (Å²) >= 11 is 0. The third-order valence-corrected chi connectivity index (χ3v) is 2.29. The number of amidine groups is 2. The van der Waals surface area contributed by atoms with Crippen molar-refractivity contribution >= 4 is 11.9 Å². The number of hydrogen-bond acceptors (Lipinski definition) is 6. The van der Waals surface area contributed by atoms with Crippen LogP contribution in [0.4, 0.5) is 0 Å². The molecule has 0 bridgehead atoms. The number of pyridine rings is 1. The molecule has 0 amide bonds. The summed E-state index contributed by atoms with van der Waals surface area (Å²) in [4.78, 5) is 12.3. The second-order valence-corrected chi connectivity index (χ2v) is 3.91. The monoisotopic (exact) mass is 260 g/mol. The Labute approximate surface area is 111 Å². The fourth-order valence-corrected chi connectivity index (χ4v) is 1.41. The third-order valence-electron chi connectivity index (χ3n) is 2.29. The molecule has 0 aromatic carbocycles. The molecule has 0 saturated carbocycles. The van der Waals surface area contributed by atoms with Crippen molar-refractivity contribution in [1.82, 2.24) is 4.98 Å². The van der Waals surface area contributed by atoms with Crippen molar-refractivity contribution in [3.05, 3.63) is 36.5 Å². The average Bonchev–Trinajstić information content (AvgIpc) is 2.57.